The zero-order chi connectivity index (χ0) is 7.28. The average Bonchev–Trinajstić information content (AvgIpc) is 1.82. The molecule has 1 atom stereocenters. The van der Waals surface area contributed by atoms with Gasteiger partial charge in [0.25, 0.3) is 6.43 Å². The summed E-state index contributed by atoms with van der Waals surface area (Å²) < 4.78 is 45.2. The Morgan fingerprint density at radius 2 is 1.78 bits per heavy atom. The molecule has 9 heavy (non-hydrogen) atoms. The van der Waals surface area contributed by atoms with Crippen molar-refractivity contribution in [2.75, 3.05) is 6.67 Å². The van der Waals surface area contributed by atoms with Crippen LogP contribution in [-0.2, 0) is 0 Å². The summed E-state index contributed by atoms with van der Waals surface area (Å²) in [6.45, 7) is -0.910. The SMILES string of the molecule is FCC=CC(F)C(F)F. The lowest BCUT2D eigenvalue weighted by atomic mass is 10.3. The van der Waals surface area contributed by atoms with Gasteiger partial charge < -0.3 is 0 Å². The molecule has 0 aromatic heterocycles. The zero-order valence-corrected chi connectivity index (χ0v) is 4.53. The van der Waals surface area contributed by atoms with Crippen molar-refractivity contribution in [3.8, 4) is 0 Å². The molecular formula is C5H6F4. The van der Waals surface area contributed by atoms with Crippen LogP contribution < -0.4 is 0 Å². The molecule has 0 spiro atoms. The summed E-state index contributed by atoms with van der Waals surface area (Å²) in [5, 5.41) is 0. The van der Waals surface area contributed by atoms with Crippen LogP contribution in [0.3, 0.4) is 0 Å². The van der Waals surface area contributed by atoms with Crippen LogP contribution in [-0.4, -0.2) is 19.3 Å². The maximum absolute atomic E-state index is 11.7. The van der Waals surface area contributed by atoms with Crippen molar-refractivity contribution in [3.63, 3.8) is 0 Å². The summed E-state index contributed by atoms with van der Waals surface area (Å²) in [5.74, 6) is 0. The first-order valence-corrected chi connectivity index (χ1v) is 2.33. The minimum absolute atomic E-state index is 0.505. The summed E-state index contributed by atoms with van der Waals surface area (Å²) >= 11 is 0. The molecule has 0 aliphatic carbocycles. The maximum Gasteiger partial charge on any atom is 0.272 e. The van der Waals surface area contributed by atoms with E-state index in [0.29, 0.717) is 6.08 Å². The summed E-state index contributed by atoms with van der Waals surface area (Å²) in [6.07, 6.45) is -4.16. The van der Waals surface area contributed by atoms with Gasteiger partial charge in [0, 0.05) is 0 Å². The van der Waals surface area contributed by atoms with Crippen LogP contribution in [0.4, 0.5) is 17.6 Å². The Morgan fingerprint density at radius 1 is 1.22 bits per heavy atom. The molecule has 0 fully saturated rings. The van der Waals surface area contributed by atoms with Gasteiger partial charge in [0.1, 0.15) is 6.67 Å². The van der Waals surface area contributed by atoms with Crippen molar-refractivity contribution < 1.29 is 17.6 Å². The van der Waals surface area contributed by atoms with E-state index in [1.54, 1.807) is 0 Å². The molecule has 0 bridgehead atoms. The molecule has 0 N–H and O–H groups in total. The quantitative estimate of drug-likeness (QED) is 0.418. The van der Waals surface area contributed by atoms with Crippen molar-refractivity contribution >= 4 is 0 Å². The van der Waals surface area contributed by atoms with Crippen LogP contribution in [0.25, 0.3) is 0 Å². The van der Waals surface area contributed by atoms with Crippen LogP contribution in [0.15, 0.2) is 12.2 Å². The second-order valence-electron chi connectivity index (χ2n) is 1.36. The summed E-state index contributed by atoms with van der Waals surface area (Å²) in [6, 6.07) is 0. The van der Waals surface area contributed by atoms with Crippen LogP contribution in [0, 0.1) is 0 Å². The Kier molecular flexibility index (Phi) is 4.09. The molecule has 1 unspecified atom stereocenters. The van der Waals surface area contributed by atoms with E-state index in [-0.39, 0.29) is 0 Å². The highest BCUT2D eigenvalue weighted by Crippen LogP contribution is 2.05. The Balaban J connectivity index is 3.48. The number of allylic oxidation sites excluding steroid dienone is 2. The van der Waals surface area contributed by atoms with Gasteiger partial charge >= 0.3 is 0 Å². The van der Waals surface area contributed by atoms with Crippen molar-refractivity contribution in [1.82, 2.24) is 0 Å². The fourth-order valence-electron chi connectivity index (χ4n) is 0.265. The van der Waals surface area contributed by atoms with Gasteiger partial charge in [0.15, 0.2) is 6.17 Å². The van der Waals surface area contributed by atoms with Crippen LogP contribution in [0.1, 0.15) is 0 Å². The fourth-order valence-corrected chi connectivity index (χ4v) is 0.265. The first kappa shape index (κ1) is 8.46. The standard InChI is InChI=1S/C5H6F4/c6-3-1-2-4(7)5(8)9/h1-2,4-5H,3H2. The Morgan fingerprint density at radius 3 is 2.11 bits per heavy atom. The molecular weight excluding hydrogens is 136 g/mol. The van der Waals surface area contributed by atoms with Crippen LogP contribution in [0.2, 0.25) is 0 Å². The van der Waals surface area contributed by atoms with Crippen molar-refractivity contribution in [1.29, 1.82) is 0 Å². The van der Waals surface area contributed by atoms with Gasteiger partial charge in [-0.3, -0.25) is 0 Å². The largest absolute Gasteiger partial charge is 0.272 e. The minimum Gasteiger partial charge on any atom is -0.247 e. The van der Waals surface area contributed by atoms with E-state index in [0.717, 1.165) is 6.08 Å². The predicted octanol–water partition coefficient (Wildman–Crippen LogP) is 2.12. The molecule has 0 radical (unpaired) electrons. The lowest BCUT2D eigenvalue weighted by Crippen LogP contribution is -2.07. The van der Waals surface area contributed by atoms with Crippen molar-refractivity contribution in [2.45, 2.75) is 12.6 Å². The van der Waals surface area contributed by atoms with Gasteiger partial charge in [0.05, 0.1) is 0 Å². The van der Waals surface area contributed by atoms with Gasteiger partial charge in [-0.2, -0.15) is 0 Å². The number of hydrogen-bond donors (Lipinski definition) is 0. The normalized spacial score (nSPS) is 15.2. The molecule has 0 aromatic carbocycles. The molecule has 0 nitrogen and oxygen atoms in total. The molecule has 0 heterocycles. The highest BCUT2D eigenvalue weighted by Gasteiger charge is 2.14. The first-order valence-electron chi connectivity index (χ1n) is 2.33. The summed E-state index contributed by atoms with van der Waals surface area (Å²) in [4.78, 5) is 0. The molecule has 0 rings (SSSR count). The minimum atomic E-state index is -3.05. The number of halogens is 4. The van der Waals surface area contributed by atoms with E-state index >= 15 is 0 Å². The fraction of sp³-hybridized carbons (Fsp3) is 0.600. The van der Waals surface area contributed by atoms with Crippen molar-refractivity contribution in [2.24, 2.45) is 0 Å². The lowest BCUT2D eigenvalue weighted by molar-refractivity contribution is 0.0748. The highest BCUT2D eigenvalue weighted by molar-refractivity contribution is 4.89. The zero-order valence-electron chi connectivity index (χ0n) is 4.53. The second kappa shape index (κ2) is 4.35. The lowest BCUT2D eigenvalue weighted by Gasteiger charge is -1.97. The van der Waals surface area contributed by atoms with E-state index in [4.69, 9.17) is 0 Å². The van der Waals surface area contributed by atoms with Crippen molar-refractivity contribution in [3.05, 3.63) is 12.2 Å². The van der Waals surface area contributed by atoms with Gasteiger partial charge in [-0.15, -0.1) is 0 Å². The first-order chi connectivity index (χ1) is 4.18. The monoisotopic (exact) mass is 142 g/mol. The maximum atomic E-state index is 11.7. The second-order valence-corrected chi connectivity index (χ2v) is 1.36. The molecule has 4 heteroatoms. The Hall–Kier alpha value is -0.540. The summed E-state index contributed by atoms with van der Waals surface area (Å²) in [5.41, 5.74) is 0. The molecule has 54 valence electrons. The smallest absolute Gasteiger partial charge is 0.247 e. The Labute approximate surface area is 50.2 Å². The third kappa shape index (κ3) is 4.00. The molecule has 0 aliphatic heterocycles. The van der Waals surface area contributed by atoms with Gasteiger partial charge in [-0.05, 0) is 6.08 Å². The molecule has 0 saturated heterocycles. The molecule has 0 aromatic rings. The average molecular weight is 142 g/mol. The highest BCUT2D eigenvalue weighted by atomic mass is 19.3. The third-order valence-corrected chi connectivity index (χ3v) is 0.650. The third-order valence-electron chi connectivity index (χ3n) is 0.650. The molecule has 0 saturated carbocycles. The van der Waals surface area contributed by atoms with E-state index in [1.807, 2.05) is 0 Å². The predicted molar refractivity (Wildman–Crippen MR) is 26.0 cm³/mol. The van der Waals surface area contributed by atoms with E-state index in [1.165, 1.54) is 0 Å². The van der Waals surface area contributed by atoms with Gasteiger partial charge in [-0.25, -0.2) is 17.6 Å². The molecule has 0 aliphatic rings. The van der Waals surface area contributed by atoms with E-state index in [9.17, 15) is 17.6 Å². The van der Waals surface area contributed by atoms with Gasteiger partial charge in [-0.1, -0.05) is 6.08 Å². The van der Waals surface area contributed by atoms with Crippen LogP contribution in [0.5, 0.6) is 0 Å². The summed E-state index contributed by atoms with van der Waals surface area (Å²) in [7, 11) is 0. The van der Waals surface area contributed by atoms with E-state index < -0.39 is 19.3 Å². The van der Waals surface area contributed by atoms with Gasteiger partial charge in [0.2, 0.25) is 0 Å². The topological polar surface area (TPSA) is 0 Å². The molecule has 0 amide bonds. The number of rotatable bonds is 3. The number of hydrogen-bond acceptors (Lipinski definition) is 0. The van der Waals surface area contributed by atoms with E-state index in [2.05, 4.69) is 0 Å². The Bertz CT molecular complexity index is 89.0. The number of alkyl halides is 4. The van der Waals surface area contributed by atoms with Crippen LogP contribution >= 0.6 is 0 Å².